The second-order valence-electron chi connectivity index (χ2n) is 5.41. The zero-order valence-corrected chi connectivity index (χ0v) is 15.3. The molecule has 1 aromatic heterocycles. The lowest BCUT2D eigenvalue weighted by Gasteiger charge is -2.17. The van der Waals surface area contributed by atoms with Crippen LogP contribution >= 0.6 is 11.3 Å². The fraction of sp³-hybridized carbons (Fsp3) is 0.750. The molecule has 1 heterocycles. The molecule has 0 atom stereocenters. The third kappa shape index (κ3) is 7.75. The van der Waals surface area contributed by atoms with Crippen LogP contribution in [0.5, 0.6) is 0 Å². The second-order valence-corrected chi connectivity index (χ2v) is 6.61. The first kappa shape index (κ1) is 18.9. The monoisotopic (exact) mass is 325 g/mol. The van der Waals surface area contributed by atoms with Gasteiger partial charge in [-0.1, -0.05) is 20.3 Å². The minimum Gasteiger partial charge on any atom is -0.356 e. The number of hydrogen-bond donors (Lipinski definition) is 2. The lowest BCUT2D eigenvalue weighted by Crippen LogP contribution is -2.41. The normalized spacial score (nSPS) is 12.0. The van der Waals surface area contributed by atoms with Crippen LogP contribution in [-0.4, -0.2) is 56.1 Å². The van der Waals surface area contributed by atoms with Gasteiger partial charge in [0.2, 0.25) is 0 Å². The van der Waals surface area contributed by atoms with Gasteiger partial charge in [-0.25, -0.2) is 4.98 Å². The molecule has 0 fully saturated rings. The summed E-state index contributed by atoms with van der Waals surface area (Å²) in [4.78, 5) is 12.4. The standard InChI is InChI=1S/C16H31N5S/c1-5-7-11-21(4)12-10-19-16(17-3)18-9-8-15-20-13-14(6-2)22-15/h13H,5-12H2,1-4H3,(H2,17,18,19). The molecule has 22 heavy (non-hydrogen) atoms. The average molecular weight is 326 g/mol. The van der Waals surface area contributed by atoms with Crippen molar-refractivity contribution in [3.8, 4) is 0 Å². The van der Waals surface area contributed by atoms with Crippen molar-refractivity contribution in [3.05, 3.63) is 16.1 Å². The van der Waals surface area contributed by atoms with Gasteiger partial charge in [0, 0.05) is 44.2 Å². The number of guanidine groups is 1. The number of aliphatic imine (C=N–C) groups is 1. The van der Waals surface area contributed by atoms with Crippen LogP contribution in [0.2, 0.25) is 0 Å². The van der Waals surface area contributed by atoms with Crippen LogP contribution in [0, 0.1) is 0 Å². The van der Waals surface area contributed by atoms with E-state index in [1.165, 1.54) is 22.7 Å². The van der Waals surface area contributed by atoms with E-state index in [0.29, 0.717) is 0 Å². The largest absolute Gasteiger partial charge is 0.356 e. The highest BCUT2D eigenvalue weighted by Crippen LogP contribution is 2.13. The topological polar surface area (TPSA) is 52.5 Å². The molecule has 1 aromatic rings. The van der Waals surface area contributed by atoms with E-state index in [0.717, 1.165) is 45.0 Å². The van der Waals surface area contributed by atoms with E-state index in [1.807, 2.05) is 13.2 Å². The Morgan fingerprint density at radius 3 is 2.68 bits per heavy atom. The Kier molecular flexibility index (Phi) is 9.82. The number of aryl methyl sites for hydroxylation is 1. The number of likely N-dealkylation sites (N-methyl/N-ethyl adjacent to an activating group) is 1. The molecule has 0 spiro atoms. The maximum absolute atomic E-state index is 4.44. The summed E-state index contributed by atoms with van der Waals surface area (Å²) < 4.78 is 0. The SMILES string of the molecule is CCCCN(C)CCNC(=NC)NCCc1ncc(CC)s1. The zero-order valence-electron chi connectivity index (χ0n) is 14.5. The Hall–Kier alpha value is -1.14. The summed E-state index contributed by atoms with van der Waals surface area (Å²) in [6.07, 6.45) is 6.51. The minimum absolute atomic E-state index is 0.863. The molecule has 0 amide bonds. The molecule has 1 rings (SSSR count). The van der Waals surface area contributed by atoms with Gasteiger partial charge in [0.05, 0.1) is 5.01 Å². The van der Waals surface area contributed by atoms with E-state index in [9.17, 15) is 0 Å². The van der Waals surface area contributed by atoms with Crippen LogP contribution in [0.25, 0.3) is 0 Å². The first-order valence-corrected chi connectivity index (χ1v) is 9.07. The molecular formula is C16H31N5S. The molecule has 0 aliphatic carbocycles. The van der Waals surface area contributed by atoms with Crippen LogP contribution in [-0.2, 0) is 12.8 Å². The number of unbranched alkanes of at least 4 members (excludes halogenated alkanes) is 1. The average Bonchev–Trinajstić information content (AvgIpc) is 2.99. The fourth-order valence-corrected chi connectivity index (χ4v) is 2.90. The first-order valence-electron chi connectivity index (χ1n) is 8.26. The maximum Gasteiger partial charge on any atom is 0.191 e. The summed E-state index contributed by atoms with van der Waals surface area (Å²) in [5.41, 5.74) is 0. The summed E-state index contributed by atoms with van der Waals surface area (Å²) in [6.45, 7) is 8.36. The quantitative estimate of drug-likeness (QED) is 0.511. The minimum atomic E-state index is 0.863. The number of nitrogens with one attached hydrogen (secondary N) is 2. The van der Waals surface area contributed by atoms with Crippen LogP contribution in [0.4, 0.5) is 0 Å². The predicted molar refractivity (Wildman–Crippen MR) is 97.0 cm³/mol. The van der Waals surface area contributed by atoms with Crippen LogP contribution in [0.1, 0.15) is 36.6 Å². The smallest absolute Gasteiger partial charge is 0.191 e. The van der Waals surface area contributed by atoms with Crippen molar-refractivity contribution in [2.24, 2.45) is 4.99 Å². The fourth-order valence-electron chi connectivity index (χ4n) is 2.04. The number of nitrogens with zero attached hydrogens (tertiary/aromatic N) is 3. The van der Waals surface area contributed by atoms with Crippen molar-refractivity contribution >= 4 is 17.3 Å². The van der Waals surface area contributed by atoms with Gasteiger partial charge < -0.3 is 15.5 Å². The van der Waals surface area contributed by atoms with Crippen LogP contribution in [0.3, 0.4) is 0 Å². The highest BCUT2D eigenvalue weighted by atomic mass is 32.1. The Morgan fingerprint density at radius 1 is 1.27 bits per heavy atom. The van der Waals surface area contributed by atoms with Gasteiger partial charge in [-0.15, -0.1) is 11.3 Å². The summed E-state index contributed by atoms with van der Waals surface area (Å²) in [7, 11) is 3.98. The molecule has 0 bridgehead atoms. The van der Waals surface area contributed by atoms with E-state index in [4.69, 9.17) is 0 Å². The summed E-state index contributed by atoms with van der Waals surface area (Å²) in [5, 5.41) is 7.90. The van der Waals surface area contributed by atoms with E-state index < -0.39 is 0 Å². The summed E-state index contributed by atoms with van der Waals surface area (Å²) in [6, 6.07) is 0. The van der Waals surface area contributed by atoms with Gasteiger partial charge in [-0.3, -0.25) is 4.99 Å². The lowest BCUT2D eigenvalue weighted by atomic mass is 10.3. The highest BCUT2D eigenvalue weighted by Gasteiger charge is 2.02. The van der Waals surface area contributed by atoms with Crippen molar-refractivity contribution in [1.29, 1.82) is 0 Å². The number of rotatable bonds is 10. The van der Waals surface area contributed by atoms with E-state index in [2.05, 4.69) is 46.4 Å². The molecule has 5 nitrogen and oxygen atoms in total. The molecule has 0 unspecified atom stereocenters. The Labute approximate surface area is 139 Å². The van der Waals surface area contributed by atoms with Gasteiger partial charge in [-0.05, 0) is 26.4 Å². The van der Waals surface area contributed by atoms with Crippen molar-refractivity contribution in [3.63, 3.8) is 0 Å². The lowest BCUT2D eigenvalue weighted by molar-refractivity contribution is 0.332. The zero-order chi connectivity index (χ0) is 16.2. The summed E-state index contributed by atoms with van der Waals surface area (Å²) in [5.74, 6) is 0.871. The molecule has 0 saturated heterocycles. The molecule has 0 saturated carbocycles. The van der Waals surface area contributed by atoms with Gasteiger partial charge in [0.25, 0.3) is 0 Å². The van der Waals surface area contributed by atoms with Gasteiger partial charge >= 0.3 is 0 Å². The molecule has 0 aromatic carbocycles. The van der Waals surface area contributed by atoms with Crippen molar-refractivity contribution in [2.45, 2.75) is 39.5 Å². The van der Waals surface area contributed by atoms with Crippen LogP contribution in [0.15, 0.2) is 11.2 Å². The first-order chi connectivity index (χ1) is 10.7. The predicted octanol–water partition coefficient (Wildman–Crippen LogP) is 2.14. The highest BCUT2D eigenvalue weighted by molar-refractivity contribution is 7.11. The van der Waals surface area contributed by atoms with Gasteiger partial charge in [0.1, 0.15) is 0 Å². The van der Waals surface area contributed by atoms with Crippen molar-refractivity contribution < 1.29 is 0 Å². The Morgan fingerprint density at radius 2 is 2.05 bits per heavy atom. The molecule has 2 N–H and O–H groups in total. The molecule has 126 valence electrons. The molecule has 0 radical (unpaired) electrons. The third-order valence-corrected chi connectivity index (χ3v) is 4.69. The number of hydrogen-bond acceptors (Lipinski definition) is 4. The molecule has 6 heteroatoms. The third-order valence-electron chi connectivity index (χ3n) is 3.48. The van der Waals surface area contributed by atoms with Crippen molar-refractivity contribution in [1.82, 2.24) is 20.5 Å². The number of thiazole rings is 1. The van der Waals surface area contributed by atoms with E-state index in [1.54, 1.807) is 11.3 Å². The molecule has 0 aliphatic rings. The van der Waals surface area contributed by atoms with E-state index in [-0.39, 0.29) is 0 Å². The van der Waals surface area contributed by atoms with Gasteiger partial charge in [-0.2, -0.15) is 0 Å². The van der Waals surface area contributed by atoms with Crippen molar-refractivity contribution in [2.75, 3.05) is 40.3 Å². The Balaban J connectivity index is 2.17. The summed E-state index contributed by atoms with van der Waals surface area (Å²) >= 11 is 1.80. The maximum atomic E-state index is 4.44. The number of aromatic nitrogens is 1. The Bertz CT molecular complexity index is 430. The van der Waals surface area contributed by atoms with Gasteiger partial charge in [0.15, 0.2) is 5.96 Å². The molecular weight excluding hydrogens is 294 g/mol. The second kappa shape index (κ2) is 11.4. The van der Waals surface area contributed by atoms with Crippen LogP contribution < -0.4 is 10.6 Å². The molecule has 0 aliphatic heterocycles. The van der Waals surface area contributed by atoms with E-state index >= 15 is 0 Å².